The van der Waals surface area contributed by atoms with Crippen LogP contribution in [0, 0.1) is 10.7 Å². The zero-order valence-electron chi connectivity index (χ0n) is 19.2. The number of nitrogens with one attached hydrogen (secondary N) is 3. The zero-order valence-corrected chi connectivity index (χ0v) is 20.0. The van der Waals surface area contributed by atoms with Gasteiger partial charge in [0.2, 0.25) is 5.91 Å². The molecule has 2 aromatic carbocycles. The molecule has 0 spiro atoms. The van der Waals surface area contributed by atoms with Gasteiger partial charge >= 0.3 is 0 Å². The summed E-state index contributed by atoms with van der Waals surface area (Å²) < 4.78 is 6.87. The molecule has 34 heavy (non-hydrogen) atoms. The fraction of sp³-hybridized carbons (Fsp3) is 0.360. The lowest BCUT2D eigenvalue weighted by atomic mass is 10.1. The lowest BCUT2D eigenvalue weighted by Crippen LogP contribution is -2.27. The summed E-state index contributed by atoms with van der Waals surface area (Å²) in [4.78, 5) is 40.7. The highest BCUT2D eigenvalue weighted by molar-refractivity contribution is 7.71. The van der Waals surface area contributed by atoms with Gasteiger partial charge in [0.15, 0.2) is 4.77 Å². The Labute approximate surface area is 202 Å². The van der Waals surface area contributed by atoms with Crippen molar-refractivity contribution in [2.24, 2.45) is 5.92 Å². The van der Waals surface area contributed by atoms with E-state index in [2.05, 4.69) is 15.6 Å². The predicted octanol–water partition coefficient (Wildman–Crippen LogP) is 3.94. The summed E-state index contributed by atoms with van der Waals surface area (Å²) in [6, 6.07) is 12.1. The van der Waals surface area contributed by atoms with Gasteiger partial charge in [0.1, 0.15) is 0 Å². The number of aromatic amines is 1. The number of methoxy groups -OCH3 is 1. The van der Waals surface area contributed by atoms with Gasteiger partial charge in [-0.25, -0.2) is 0 Å². The average Bonchev–Trinajstić information content (AvgIpc) is 3.67. The van der Waals surface area contributed by atoms with Crippen molar-refractivity contribution >= 4 is 40.6 Å². The summed E-state index contributed by atoms with van der Waals surface area (Å²) >= 11 is 5.35. The largest absolute Gasteiger partial charge is 0.385 e. The SMILES string of the molecule is COCCCn1c(=S)[nH]c2cc(C(=O)NC(C)c3ccc(NC(=O)C4CC4)cc3)ccc2c1=O. The summed E-state index contributed by atoms with van der Waals surface area (Å²) in [7, 11) is 1.61. The molecule has 178 valence electrons. The van der Waals surface area contributed by atoms with Gasteiger partial charge < -0.3 is 20.4 Å². The summed E-state index contributed by atoms with van der Waals surface area (Å²) in [5.41, 5.74) is 2.42. The van der Waals surface area contributed by atoms with E-state index in [0.29, 0.717) is 40.8 Å². The Morgan fingerprint density at radius 1 is 1.21 bits per heavy atom. The molecule has 3 aromatic rings. The highest BCUT2D eigenvalue weighted by atomic mass is 32.1. The van der Waals surface area contributed by atoms with Gasteiger partial charge in [0.25, 0.3) is 11.5 Å². The zero-order chi connectivity index (χ0) is 24.2. The van der Waals surface area contributed by atoms with Crippen LogP contribution in [-0.2, 0) is 16.1 Å². The first-order valence-corrected chi connectivity index (χ1v) is 11.8. The van der Waals surface area contributed by atoms with E-state index in [1.807, 2.05) is 31.2 Å². The summed E-state index contributed by atoms with van der Waals surface area (Å²) in [5, 5.41) is 6.36. The van der Waals surface area contributed by atoms with E-state index < -0.39 is 0 Å². The van der Waals surface area contributed by atoms with Gasteiger partial charge in [-0.05, 0) is 74.3 Å². The van der Waals surface area contributed by atoms with Crippen molar-refractivity contribution in [3.05, 3.63) is 68.7 Å². The second-order valence-corrected chi connectivity index (χ2v) is 8.96. The van der Waals surface area contributed by atoms with Gasteiger partial charge in [-0.3, -0.25) is 19.0 Å². The van der Waals surface area contributed by atoms with Gasteiger partial charge in [0, 0.05) is 37.4 Å². The number of fused-ring (bicyclic) bond motifs is 1. The van der Waals surface area contributed by atoms with Crippen LogP contribution in [-0.4, -0.2) is 35.1 Å². The molecule has 1 aliphatic rings. The molecule has 2 amide bonds. The van der Waals surface area contributed by atoms with Crippen molar-refractivity contribution in [3.63, 3.8) is 0 Å². The van der Waals surface area contributed by atoms with Crippen molar-refractivity contribution in [2.45, 2.75) is 38.8 Å². The topological polar surface area (TPSA) is 105 Å². The van der Waals surface area contributed by atoms with E-state index in [9.17, 15) is 14.4 Å². The predicted molar refractivity (Wildman–Crippen MR) is 134 cm³/mol. The molecule has 1 atom stereocenters. The van der Waals surface area contributed by atoms with Crippen LogP contribution < -0.4 is 16.2 Å². The number of anilines is 1. The third-order valence-corrected chi connectivity index (χ3v) is 6.27. The third kappa shape index (κ3) is 5.43. The summed E-state index contributed by atoms with van der Waals surface area (Å²) in [6.07, 6.45) is 2.58. The Morgan fingerprint density at radius 3 is 2.62 bits per heavy atom. The minimum Gasteiger partial charge on any atom is -0.385 e. The van der Waals surface area contributed by atoms with E-state index in [-0.39, 0.29) is 29.3 Å². The number of ether oxygens (including phenoxy) is 1. The maximum Gasteiger partial charge on any atom is 0.262 e. The van der Waals surface area contributed by atoms with Crippen LogP contribution in [0.25, 0.3) is 10.9 Å². The molecule has 9 heteroatoms. The van der Waals surface area contributed by atoms with E-state index >= 15 is 0 Å². The first-order valence-electron chi connectivity index (χ1n) is 11.3. The monoisotopic (exact) mass is 480 g/mol. The number of carbonyl (C=O) groups excluding carboxylic acids is 2. The van der Waals surface area contributed by atoms with Gasteiger partial charge in [-0.2, -0.15) is 0 Å². The lowest BCUT2D eigenvalue weighted by Gasteiger charge is -2.15. The van der Waals surface area contributed by atoms with Crippen molar-refractivity contribution in [2.75, 3.05) is 19.0 Å². The first-order chi connectivity index (χ1) is 16.4. The van der Waals surface area contributed by atoms with Crippen LogP contribution in [0.15, 0.2) is 47.3 Å². The van der Waals surface area contributed by atoms with E-state index in [4.69, 9.17) is 17.0 Å². The highest BCUT2D eigenvalue weighted by Gasteiger charge is 2.29. The standard InChI is InChI=1S/C25H28N4O4S/c1-15(16-6-9-19(10-7-16)27-22(30)17-4-5-17)26-23(31)18-8-11-20-21(14-18)28-25(34)29(24(20)32)12-3-13-33-2/h6-11,14-15,17H,3-5,12-13H2,1-2H3,(H,26,31)(H,27,30)(H,28,34). The number of rotatable bonds is 9. The number of aromatic nitrogens is 2. The summed E-state index contributed by atoms with van der Waals surface area (Å²) in [6.45, 7) is 2.89. The molecule has 1 unspecified atom stereocenters. The minimum absolute atomic E-state index is 0.0613. The second-order valence-electron chi connectivity index (χ2n) is 8.57. The first kappa shape index (κ1) is 23.8. The van der Waals surface area contributed by atoms with Crippen LogP contribution in [0.4, 0.5) is 5.69 Å². The van der Waals surface area contributed by atoms with Crippen molar-refractivity contribution in [1.29, 1.82) is 0 Å². The number of carbonyl (C=O) groups is 2. The fourth-order valence-corrected chi connectivity index (χ4v) is 4.06. The smallest absolute Gasteiger partial charge is 0.262 e. The number of H-pyrrole nitrogens is 1. The Kier molecular flexibility index (Phi) is 7.23. The van der Waals surface area contributed by atoms with E-state index in [1.165, 1.54) is 4.57 Å². The van der Waals surface area contributed by atoms with Crippen molar-refractivity contribution in [1.82, 2.24) is 14.9 Å². The lowest BCUT2D eigenvalue weighted by molar-refractivity contribution is -0.117. The van der Waals surface area contributed by atoms with Crippen molar-refractivity contribution in [3.8, 4) is 0 Å². The average molecular weight is 481 g/mol. The maximum absolute atomic E-state index is 12.9. The Morgan fingerprint density at radius 2 is 1.94 bits per heavy atom. The van der Waals surface area contributed by atoms with E-state index in [1.54, 1.807) is 25.3 Å². The third-order valence-electron chi connectivity index (χ3n) is 5.95. The highest BCUT2D eigenvalue weighted by Crippen LogP contribution is 2.30. The number of hydrogen-bond acceptors (Lipinski definition) is 5. The molecular weight excluding hydrogens is 452 g/mol. The molecule has 0 saturated heterocycles. The normalized spacial score (nSPS) is 14.1. The number of nitrogens with zero attached hydrogens (tertiary/aromatic N) is 1. The molecule has 0 radical (unpaired) electrons. The van der Waals surface area contributed by atoms with Crippen LogP contribution in [0.5, 0.6) is 0 Å². The number of hydrogen-bond donors (Lipinski definition) is 3. The van der Waals surface area contributed by atoms with Crippen LogP contribution >= 0.6 is 12.2 Å². The van der Waals surface area contributed by atoms with Crippen LogP contribution in [0.3, 0.4) is 0 Å². The van der Waals surface area contributed by atoms with Gasteiger partial charge in [-0.15, -0.1) is 0 Å². The van der Waals surface area contributed by atoms with Gasteiger partial charge in [0.05, 0.1) is 16.9 Å². The Hall–Kier alpha value is -3.30. The van der Waals surface area contributed by atoms with Crippen LogP contribution in [0.1, 0.15) is 48.1 Å². The minimum atomic E-state index is -0.260. The fourth-order valence-electron chi connectivity index (χ4n) is 3.77. The molecule has 1 heterocycles. The molecule has 1 saturated carbocycles. The molecular formula is C25H28N4O4S. The molecule has 4 rings (SSSR count). The molecule has 1 fully saturated rings. The number of amides is 2. The van der Waals surface area contributed by atoms with E-state index in [0.717, 1.165) is 24.1 Å². The maximum atomic E-state index is 12.9. The molecule has 0 aliphatic heterocycles. The molecule has 3 N–H and O–H groups in total. The molecule has 8 nitrogen and oxygen atoms in total. The van der Waals surface area contributed by atoms with Crippen molar-refractivity contribution < 1.29 is 14.3 Å². The molecule has 0 bridgehead atoms. The molecule has 1 aromatic heterocycles. The van der Waals surface area contributed by atoms with Gasteiger partial charge in [-0.1, -0.05) is 12.1 Å². The Bertz CT molecular complexity index is 1330. The summed E-state index contributed by atoms with van der Waals surface area (Å²) in [5.74, 6) is -0.0531. The Balaban J connectivity index is 1.45. The second kappa shape index (κ2) is 10.3. The molecule has 1 aliphatic carbocycles. The quantitative estimate of drug-likeness (QED) is 0.318. The van der Waals surface area contributed by atoms with Crippen LogP contribution in [0.2, 0.25) is 0 Å². The number of benzene rings is 2.